The summed E-state index contributed by atoms with van der Waals surface area (Å²) in [6.07, 6.45) is 0. The smallest absolute Gasteiger partial charge is 0.0494 e. The molecule has 4 aromatic carbocycles. The summed E-state index contributed by atoms with van der Waals surface area (Å²) in [5.74, 6) is 0. The fourth-order valence-corrected chi connectivity index (χ4v) is 4.20. The minimum atomic E-state index is 1.00. The van der Waals surface area contributed by atoms with Gasteiger partial charge in [0.15, 0.2) is 0 Å². The van der Waals surface area contributed by atoms with Crippen LogP contribution in [0.1, 0.15) is 0 Å². The zero-order valence-corrected chi connectivity index (χ0v) is 15.9. The van der Waals surface area contributed by atoms with Crippen molar-refractivity contribution in [2.75, 3.05) is 0 Å². The molecule has 0 radical (unpaired) electrons. The second-order valence-corrected chi connectivity index (χ2v) is 7.39. The van der Waals surface area contributed by atoms with Crippen molar-refractivity contribution >= 4 is 34.4 Å². The SMILES string of the molecule is Cn1c2ccc(-c3ccccc3)cc2c2ccc(-c3ccccc3S)cc21. The minimum Gasteiger partial charge on any atom is -0.344 e. The van der Waals surface area contributed by atoms with Gasteiger partial charge in [-0.1, -0.05) is 66.7 Å². The van der Waals surface area contributed by atoms with E-state index in [4.69, 9.17) is 0 Å². The third-order valence-electron chi connectivity index (χ3n) is 5.33. The lowest BCUT2D eigenvalue weighted by Crippen LogP contribution is -1.87. The van der Waals surface area contributed by atoms with Gasteiger partial charge < -0.3 is 4.57 Å². The van der Waals surface area contributed by atoms with Crippen molar-refractivity contribution in [2.45, 2.75) is 4.90 Å². The molecular formula is C25H19NS. The molecule has 0 unspecified atom stereocenters. The van der Waals surface area contributed by atoms with E-state index in [-0.39, 0.29) is 0 Å². The number of hydrogen-bond donors (Lipinski definition) is 1. The highest BCUT2D eigenvalue weighted by atomic mass is 32.1. The molecule has 27 heavy (non-hydrogen) atoms. The summed E-state index contributed by atoms with van der Waals surface area (Å²) < 4.78 is 2.28. The number of rotatable bonds is 2. The third kappa shape index (κ3) is 2.65. The van der Waals surface area contributed by atoms with Gasteiger partial charge in [0.1, 0.15) is 0 Å². The van der Waals surface area contributed by atoms with Crippen LogP contribution in [0.4, 0.5) is 0 Å². The normalized spacial score (nSPS) is 11.3. The summed E-state index contributed by atoms with van der Waals surface area (Å²) in [5.41, 5.74) is 7.35. The molecule has 130 valence electrons. The lowest BCUT2D eigenvalue weighted by Gasteiger charge is -2.06. The fourth-order valence-electron chi connectivity index (χ4n) is 3.91. The molecule has 0 N–H and O–H groups in total. The molecule has 2 heteroatoms. The summed E-state index contributed by atoms with van der Waals surface area (Å²) in [7, 11) is 2.14. The van der Waals surface area contributed by atoms with Crippen molar-refractivity contribution in [3.63, 3.8) is 0 Å². The molecule has 0 saturated carbocycles. The fraction of sp³-hybridized carbons (Fsp3) is 0.0400. The zero-order chi connectivity index (χ0) is 18.4. The summed E-state index contributed by atoms with van der Waals surface area (Å²) >= 11 is 4.63. The Morgan fingerprint density at radius 2 is 1.33 bits per heavy atom. The second kappa shape index (κ2) is 6.33. The van der Waals surface area contributed by atoms with Crippen molar-refractivity contribution in [2.24, 2.45) is 7.05 Å². The first-order chi connectivity index (χ1) is 13.2. The van der Waals surface area contributed by atoms with Gasteiger partial charge in [-0.05, 0) is 46.5 Å². The van der Waals surface area contributed by atoms with Crippen LogP contribution in [0.3, 0.4) is 0 Å². The molecule has 0 fully saturated rings. The Labute approximate surface area is 164 Å². The Bertz CT molecular complexity index is 1280. The Hall–Kier alpha value is -2.97. The number of aryl methyl sites for hydroxylation is 1. The standard InChI is InChI=1S/C25H19NS/c1-26-23-14-12-18(17-7-3-2-4-8-17)15-22(23)21-13-11-19(16-24(21)26)20-9-5-6-10-25(20)27/h2-16,27H,1H3. The first kappa shape index (κ1) is 16.2. The van der Waals surface area contributed by atoms with Crippen molar-refractivity contribution in [1.29, 1.82) is 0 Å². The highest BCUT2D eigenvalue weighted by Crippen LogP contribution is 2.35. The number of nitrogens with zero attached hydrogens (tertiary/aromatic N) is 1. The predicted octanol–water partition coefficient (Wildman–Crippen LogP) is 6.95. The van der Waals surface area contributed by atoms with E-state index in [9.17, 15) is 0 Å². The van der Waals surface area contributed by atoms with Gasteiger partial charge >= 0.3 is 0 Å². The molecule has 5 rings (SSSR count). The van der Waals surface area contributed by atoms with E-state index in [0.717, 1.165) is 10.5 Å². The van der Waals surface area contributed by atoms with Crippen molar-refractivity contribution < 1.29 is 0 Å². The summed E-state index contributed by atoms with van der Waals surface area (Å²) in [4.78, 5) is 1.00. The maximum atomic E-state index is 4.63. The molecule has 1 heterocycles. The Kier molecular flexibility index (Phi) is 3.80. The van der Waals surface area contributed by atoms with E-state index in [1.165, 1.54) is 38.5 Å². The first-order valence-electron chi connectivity index (χ1n) is 9.08. The second-order valence-electron chi connectivity index (χ2n) is 6.91. The number of thiol groups is 1. The molecule has 0 aliphatic heterocycles. The van der Waals surface area contributed by atoms with Crippen LogP contribution >= 0.6 is 12.6 Å². The van der Waals surface area contributed by atoms with Gasteiger partial charge in [-0.25, -0.2) is 0 Å². The van der Waals surface area contributed by atoms with Gasteiger partial charge in [-0.3, -0.25) is 0 Å². The zero-order valence-electron chi connectivity index (χ0n) is 15.1. The average Bonchev–Trinajstić information content (AvgIpc) is 3.00. The van der Waals surface area contributed by atoms with E-state index in [2.05, 4.69) is 103 Å². The van der Waals surface area contributed by atoms with Crippen LogP contribution in [0.2, 0.25) is 0 Å². The monoisotopic (exact) mass is 365 g/mol. The van der Waals surface area contributed by atoms with Crippen molar-refractivity contribution in [3.05, 3.63) is 91.0 Å². The quantitative estimate of drug-likeness (QED) is 0.323. The lowest BCUT2D eigenvalue weighted by atomic mass is 10.0. The van der Waals surface area contributed by atoms with E-state index in [1.807, 2.05) is 12.1 Å². The summed E-state index contributed by atoms with van der Waals surface area (Å²) in [6, 6.07) is 32.2. The molecule has 1 aromatic heterocycles. The van der Waals surface area contributed by atoms with Crippen molar-refractivity contribution in [1.82, 2.24) is 4.57 Å². The van der Waals surface area contributed by atoms with Gasteiger partial charge in [0.2, 0.25) is 0 Å². The molecule has 0 atom stereocenters. The summed E-state index contributed by atoms with van der Waals surface area (Å²) in [5, 5.41) is 2.57. The molecule has 0 aliphatic carbocycles. The third-order valence-corrected chi connectivity index (χ3v) is 5.72. The van der Waals surface area contributed by atoms with E-state index in [1.54, 1.807) is 0 Å². The molecule has 0 amide bonds. The van der Waals surface area contributed by atoms with E-state index in [0.29, 0.717) is 0 Å². The molecule has 5 aromatic rings. The first-order valence-corrected chi connectivity index (χ1v) is 9.53. The predicted molar refractivity (Wildman–Crippen MR) is 119 cm³/mol. The Balaban J connectivity index is 1.74. The van der Waals surface area contributed by atoms with Gasteiger partial charge in [0, 0.05) is 33.7 Å². The Morgan fingerprint density at radius 3 is 2.15 bits per heavy atom. The highest BCUT2D eigenvalue weighted by molar-refractivity contribution is 7.80. The van der Waals surface area contributed by atoms with Gasteiger partial charge in [0.05, 0.1) is 0 Å². The van der Waals surface area contributed by atoms with E-state index >= 15 is 0 Å². The van der Waals surface area contributed by atoms with Crippen LogP contribution in [0.15, 0.2) is 95.9 Å². The average molecular weight is 366 g/mol. The molecule has 0 spiro atoms. The number of aromatic nitrogens is 1. The summed E-state index contributed by atoms with van der Waals surface area (Å²) in [6.45, 7) is 0. The molecule has 1 nitrogen and oxygen atoms in total. The molecule has 0 bridgehead atoms. The highest BCUT2D eigenvalue weighted by Gasteiger charge is 2.11. The maximum Gasteiger partial charge on any atom is 0.0494 e. The number of benzene rings is 4. The van der Waals surface area contributed by atoms with E-state index < -0.39 is 0 Å². The van der Waals surface area contributed by atoms with Gasteiger partial charge in [-0.15, -0.1) is 12.6 Å². The van der Waals surface area contributed by atoms with Crippen LogP contribution in [0.5, 0.6) is 0 Å². The van der Waals surface area contributed by atoms with Gasteiger partial charge in [0.25, 0.3) is 0 Å². The minimum absolute atomic E-state index is 1.00. The van der Waals surface area contributed by atoms with Crippen LogP contribution < -0.4 is 0 Å². The van der Waals surface area contributed by atoms with Crippen LogP contribution in [-0.2, 0) is 7.05 Å². The molecule has 0 aliphatic rings. The van der Waals surface area contributed by atoms with Crippen LogP contribution in [0.25, 0.3) is 44.1 Å². The Morgan fingerprint density at radius 1 is 0.593 bits per heavy atom. The van der Waals surface area contributed by atoms with Crippen LogP contribution in [0, 0.1) is 0 Å². The molecular weight excluding hydrogens is 346 g/mol. The lowest BCUT2D eigenvalue weighted by molar-refractivity contribution is 1.01. The number of hydrogen-bond acceptors (Lipinski definition) is 1. The molecule has 0 saturated heterocycles. The maximum absolute atomic E-state index is 4.63. The number of fused-ring (bicyclic) bond motifs is 3. The van der Waals surface area contributed by atoms with Gasteiger partial charge in [-0.2, -0.15) is 0 Å². The van der Waals surface area contributed by atoms with Crippen molar-refractivity contribution in [3.8, 4) is 22.3 Å². The topological polar surface area (TPSA) is 4.93 Å². The van der Waals surface area contributed by atoms with Crippen LogP contribution in [-0.4, -0.2) is 4.57 Å². The largest absolute Gasteiger partial charge is 0.344 e.